The predicted molar refractivity (Wildman–Crippen MR) is 86.5 cm³/mol. The van der Waals surface area contributed by atoms with Crippen LogP contribution in [-0.4, -0.2) is 38.1 Å². The molecule has 116 valence electrons. The molecule has 0 radical (unpaired) electrons. The number of nitrogens with zero attached hydrogens (tertiary/aromatic N) is 5. The molecular formula is C17H17N5O. The second-order valence-electron chi connectivity index (χ2n) is 5.32. The van der Waals surface area contributed by atoms with Crippen molar-refractivity contribution in [3.05, 3.63) is 66.0 Å². The Kier molecular flexibility index (Phi) is 4.14. The van der Waals surface area contributed by atoms with Crippen LogP contribution in [0.4, 0.5) is 0 Å². The Labute approximate surface area is 134 Å². The van der Waals surface area contributed by atoms with Crippen molar-refractivity contribution in [2.45, 2.75) is 6.54 Å². The van der Waals surface area contributed by atoms with Crippen LogP contribution in [-0.2, 0) is 13.6 Å². The standard InChI is InChI=1S/C17H17N5O/c1-21(12-16-18-19-20-22(16)2)17(23)15-10-8-14(9-11-15)13-6-4-3-5-7-13/h3-11H,12H2,1-2H3. The molecule has 3 rings (SSSR count). The van der Waals surface area contributed by atoms with Crippen LogP contribution in [0.3, 0.4) is 0 Å². The second kappa shape index (κ2) is 6.39. The van der Waals surface area contributed by atoms with Crippen LogP contribution in [0.25, 0.3) is 11.1 Å². The molecule has 0 aliphatic heterocycles. The van der Waals surface area contributed by atoms with Gasteiger partial charge in [0.25, 0.3) is 5.91 Å². The summed E-state index contributed by atoms with van der Waals surface area (Å²) in [5, 5.41) is 11.2. The van der Waals surface area contributed by atoms with Gasteiger partial charge in [0, 0.05) is 19.7 Å². The Morgan fingerprint density at radius 2 is 1.70 bits per heavy atom. The largest absolute Gasteiger partial charge is 0.334 e. The molecule has 6 nitrogen and oxygen atoms in total. The second-order valence-corrected chi connectivity index (χ2v) is 5.32. The minimum Gasteiger partial charge on any atom is -0.334 e. The van der Waals surface area contributed by atoms with Crippen LogP contribution in [0.15, 0.2) is 54.6 Å². The van der Waals surface area contributed by atoms with Crippen LogP contribution in [0.5, 0.6) is 0 Å². The quantitative estimate of drug-likeness (QED) is 0.741. The number of carbonyl (C=O) groups excluding carboxylic acids is 1. The Morgan fingerprint density at radius 3 is 2.30 bits per heavy atom. The normalized spacial score (nSPS) is 10.5. The first-order chi connectivity index (χ1) is 11.1. The van der Waals surface area contributed by atoms with Crippen LogP contribution in [0, 0.1) is 0 Å². The maximum atomic E-state index is 12.5. The van der Waals surface area contributed by atoms with E-state index in [9.17, 15) is 4.79 Å². The minimum atomic E-state index is -0.0624. The average molecular weight is 307 g/mol. The summed E-state index contributed by atoms with van der Waals surface area (Å²) in [7, 11) is 3.49. The first-order valence-corrected chi connectivity index (χ1v) is 7.27. The third-order valence-corrected chi connectivity index (χ3v) is 3.67. The number of hydrogen-bond acceptors (Lipinski definition) is 4. The van der Waals surface area contributed by atoms with Crippen LogP contribution < -0.4 is 0 Å². The van der Waals surface area contributed by atoms with E-state index < -0.39 is 0 Å². The molecule has 0 fully saturated rings. The number of amides is 1. The van der Waals surface area contributed by atoms with Gasteiger partial charge in [0.2, 0.25) is 0 Å². The maximum Gasteiger partial charge on any atom is 0.254 e. The summed E-state index contributed by atoms with van der Waals surface area (Å²) in [6.07, 6.45) is 0. The highest BCUT2D eigenvalue weighted by Crippen LogP contribution is 2.19. The number of carbonyl (C=O) groups is 1. The van der Waals surface area contributed by atoms with Gasteiger partial charge in [0.05, 0.1) is 6.54 Å². The molecule has 3 aromatic rings. The molecular weight excluding hydrogens is 290 g/mol. The third kappa shape index (κ3) is 3.26. The Balaban J connectivity index is 1.74. The fourth-order valence-electron chi connectivity index (χ4n) is 2.32. The Bertz CT molecular complexity index is 795. The molecule has 1 aromatic heterocycles. The number of aromatic nitrogens is 4. The zero-order valence-corrected chi connectivity index (χ0v) is 13.0. The van der Waals surface area contributed by atoms with E-state index in [-0.39, 0.29) is 5.91 Å². The van der Waals surface area contributed by atoms with Crippen molar-refractivity contribution in [1.82, 2.24) is 25.1 Å². The molecule has 0 N–H and O–H groups in total. The van der Waals surface area contributed by atoms with Crippen molar-refractivity contribution in [1.29, 1.82) is 0 Å². The topological polar surface area (TPSA) is 63.9 Å². The molecule has 1 heterocycles. The van der Waals surface area contributed by atoms with Crippen molar-refractivity contribution in [3.8, 4) is 11.1 Å². The fourth-order valence-corrected chi connectivity index (χ4v) is 2.32. The maximum absolute atomic E-state index is 12.5. The minimum absolute atomic E-state index is 0.0624. The van der Waals surface area contributed by atoms with Crippen LogP contribution >= 0.6 is 0 Å². The summed E-state index contributed by atoms with van der Waals surface area (Å²) < 4.78 is 1.56. The lowest BCUT2D eigenvalue weighted by Gasteiger charge is -2.16. The third-order valence-electron chi connectivity index (χ3n) is 3.67. The van der Waals surface area contributed by atoms with Crippen molar-refractivity contribution >= 4 is 5.91 Å². The molecule has 2 aromatic carbocycles. The molecule has 0 saturated carbocycles. The summed E-state index contributed by atoms with van der Waals surface area (Å²) in [5.74, 6) is 0.578. The van der Waals surface area contributed by atoms with Gasteiger partial charge in [-0.25, -0.2) is 4.68 Å². The summed E-state index contributed by atoms with van der Waals surface area (Å²) >= 11 is 0. The van der Waals surface area contributed by atoms with E-state index >= 15 is 0 Å². The average Bonchev–Trinajstić information content (AvgIpc) is 3.00. The van der Waals surface area contributed by atoms with Crippen LogP contribution in [0.2, 0.25) is 0 Å². The first-order valence-electron chi connectivity index (χ1n) is 7.27. The molecule has 6 heteroatoms. The molecule has 0 spiro atoms. The number of aryl methyl sites for hydroxylation is 1. The molecule has 0 unspecified atom stereocenters. The van der Waals surface area contributed by atoms with Crippen molar-refractivity contribution in [2.24, 2.45) is 7.05 Å². The monoisotopic (exact) mass is 307 g/mol. The molecule has 23 heavy (non-hydrogen) atoms. The van der Waals surface area contributed by atoms with Gasteiger partial charge >= 0.3 is 0 Å². The zero-order valence-electron chi connectivity index (χ0n) is 13.0. The van der Waals surface area contributed by atoms with Crippen molar-refractivity contribution in [2.75, 3.05) is 7.05 Å². The first kappa shape index (κ1) is 14.9. The van der Waals surface area contributed by atoms with Crippen molar-refractivity contribution < 1.29 is 4.79 Å². The highest BCUT2D eigenvalue weighted by Gasteiger charge is 2.14. The molecule has 0 aliphatic carbocycles. The van der Waals surface area contributed by atoms with Gasteiger partial charge in [-0.15, -0.1) is 5.10 Å². The molecule has 0 saturated heterocycles. The van der Waals surface area contributed by atoms with Gasteiger partial charge < -0.3 is 4.90 Å². The van der Waals surface area contributed by atoms with Crippen molar-refractivity contribution in [3.63, 3.8) is 0 Å². The van der Waals surface area contributed by atoms with E-state index in [1.54, 1.807) is 23.7 Å². The van der Waals surface area contributed by atoms with Gasteiger partial charge in [-0.3, -0.25) is 4.79 Å². The predicted octanol–water partition coefficient (Wildman–Crippen LogP) is 2.15. The SMILES string of the molecule is CN(Cc1nnnn1C)C(=O)c1ccc(-c2ccccc2)cc1. The van der Waals surface area contributed by atoms with Gasteiger partial charge in [0.1, 0.15) is 0 Å². The lowest BCUT2D eigenvalue weighted by Crippen LogP contribution is -2.27. The zero-order chi connectivity index (χ0) is 16.2. The van der Waals surface area contributed by atoms with Gasteiger partial charge in [-0.2, -0.15) is 0 Å². The summed E-state index contributed by atoms with van der Waals surface area (Å²) in [5.41, 5.74) is 2.86. The van der Waals surface area contributed by atoms with E-state index in [4.69, 9.17) is 0 Å². The highest BCUT2D eigenvalue weighted by molar-refractivity contribution is 5.94. The molecule has 0 atom stereocenters. The van der Waals surface area contributed by atoms with E-state index in [0.29, 0.717) is 17.9 Å². The highest BCUT2D eigenvalue weighted by atomic mass is 16.2. The number of benzene rings is 2. The van der Waals surface area contributed by atoms with Gasteiger partial charge in [0.15, 0.2) is 5.82 Å². The molecule has 1 amide bonds. The Hall–Kier alpha value is -3.02. The summed E-state index contributed by atoms with van der Waals surface area (Å²) in [6, 6.07) is 17.7. The smallest absolute Gasteiger partial charge is 0.254 e. The number of tetrazole rings is 1. The number of rotatable bonds is 4. The van der Waals surface area contributed by atoms with E-state index in [0.717, 1.165) is 11.1 Å². The lowest BCUT2D eigenvalue weighted by molar-refractivity contribution is 0.0780. The lowest BCUT2D eigenvalue weighted by atomic mass is 10.0. The van der Waals surface area contributed by atoms with E-state index in [2.05, 4.69) is 15.5 Å². The van der Waals surface area contributed by atoms with E-state index in [1.807, 2.05) is 54.6 Å². The van der Waals surface area contributed by atoms with Gasteiger partial charge in [-0.1, -0.05) is 42.5 Å². The molecule has 0 aliphatic rings. The fraction of sp³-hybridized carbons (Fsp3) is 0.176. The van der Waals surface area contributed by atoms with Crippen LogP contribution in [0.1, 0.15) is 16.2 Å². The van der Waals surface area contributed by atoms with E-state index in [1.165, 1.54) is 0 Å². The summed E-state index contributed by atoms with van der Waals surface area (Å²) in [6.45, 7) is 0.364. The molecule has 0 bridgehead atoms. The number of hydrogen-bond donors (Lipinski definition) is 0. The Morgan fingerprint density at radius 1 is 1.04 bits per heavy atom. The summed E-state index contributed by atoms with van der Waals surface area (Å²) in [4.78, 5) is 14.1. The van der Waals surface area contributed by atoms with Gasteiger partial charge in [-0.05, 0) is 33.7 Å².